The molecule has 0 heterocycles. The molecule has 0 radical (unpaired) electrons. The Morgan fingerprint density at radius 2 is 2.00 bits per heavy atom. The first-order valence-electron chi connectivity index (χ1n) is 3.68. The number of hydrogen-bond acceptors (Lipinski definition) is 2. The molecule has 74 valence electrons. The van der Waals surface area contributed by atoms with Crippen LogP contribution >= 0.6 is 8.25 Å². The molecule has 0 spiro atoms. The third-order valence-electron chi connectivity index (χ3n) is 1.03. The van der Waals surface area contributed by atoms with E-state index in [0.717, 1.165) is 12.8 Å². The van der Waals surface area contributed by atoms with Crippen LogP contribution in [0.1, 0.15) is 26.7 Å². The van der Waals surface area contributed by atoms with Crippen LogP contribution in [0.4, 0.5) is 0 Å². The van der Waals surface area contributed by atoms with Gasteiger partial charge in [0.05, 0.1) is 0 Å². The lowest BCUT2D eigenvalue weighted by atomic mass is 10.1. The van der Waals surface area contributed by atoms with Crippen LogP contribution in [-0.2, 0) is 4.57 Å². The summed E-state index contributed by atoms with van der Waals surface area (Å²) < 4.78 is 8.74. The summed E-state index contributed by atoms with van der Waals surface area (Å²) in [5, 5.41) is 0. The lowest BCUT2D eigenvalue weighted by Crippen LogP contribution is -2.13. The Hall–Kier alpha value is -0.150. The van der Waals surface area contributed by atoms with E-state index in [2.05, 4.69) is 6.58 Å². The van der Waals surface area contributed by atoms with Crippen molar-refractivity contribution in [2.24, 2.45) is 5.73 Å². The highest BCUT2D eigenvalue weighted by Crippen LogP contribution is 2.01. The highest BCUT2D eigenvalue weighted by atomic mass is 31.1. The van der Waals surface area contributed by atoms with Crippen molar-refractivity contribution in [3.05, 3.63) is 12.2 Å². The van der Waals surface area contributed by atoms with Gasteiger partial charge < -0.3 is 15.5 Å². The molecule has 5 heteroatoms. The van der Waals surface area contributed by atoms with Crippen LogP contribution in [0.3, 0.4) is 0 Å². The molecule has 0 aliphatic heterocycles. The van der Waals surface area contributed by atoms with Crippen molar-refractivity contribution in [1.82, 2.24) is 0 Å². The number of allylic oxidation sites excluding steroid dienone is 1. The van der Waals surface area contributed by atoms with Gasteiger partial charge in [-0.05, 0) is 26.7 Å². The Kier molecular flexibility index (Phi) is 10.7. The average Bonchev–Trinajstić information content (AvgIpc) is 1.82. The molecule has 0 rings (SSSR count). The summed E-state index contributed by atoms with van der Waals surface area (Å²) >= 11 is 0. The first-order valence-corrected chi connectivity index (χ1v) is 4.98. The number of rotatable bonds is 3. The SMILES string of the molecule is C=C(C)CCC(C)N.O=[PH](O)O. The molecular weight excluding hydrogens is 177 g/mol. The predicted octanol–water partition coefficient (Wildman–Crippen LogP) is 1.05. The average molecular weight is 195 g/mol. The zero-order valence-electron chi connectivity index (χ0n) is 7.58. The highest BCUT2D eigenvalue weighted by molar-refractivity contribution is 7.30. The highest BCUT2D eigenvalue weighted by Gasteiger charge is 1.91. The molecule has 0 aliphatic rings. The molecule has 0 saturated carbocycles. The van der Waals surface area contributed by atoms with Crippen LogP contribution in [0.25, 0.3) is 0 Å². The first-order chi connectivity index (χ1) is 5.36. The van der Waals surface area contributed by atoms with Crippen molar-refractivity contribution < 1.29 is 14.4 Å². The van der Waals surface area contributed by atoms with Gasteiger partial charge in [-0.2, -0.15) is 0 Å². The van der Waals surface area contributed by atoms with Crippen LogP contribution in [0.15, 0.2) is 12.2 Å². The Bertz CT molecular complexity index is 144. The van der Waals surface area contributed by atoms with Gasteiger partial charge in [-0.25, -0.2) is 0 Å². The van der Waals surface area contributed by atoms with Crippen molar-refractivity contribution in [3.63, 3.8) is 0 Å². The molecule has 1 atom stereocenters. The summed E-state index contributed by atoms with van der Waals surface area (Å²) in [5.41, 5.74) is 6.72. The number of nitrogens with two attached hydrogens (primary N) is 1. The maximum atomic E-state index is 8.74. The molecule has 4 nitrogen and oxygen atoms in total. The summed E-state index contributed by atoms with van der Waals surface area (Å²) in [7, 11) is -3.13. The van der Waals surface area contributed by atoms with Gasteiger partial charge in [0.25, 0.3) is 0 Å². The van der Waals surface area contributed by atoms with E-state index < -0.39 is 8.25 Å². The van der Waals surface area contributed by atoms with Gasteiger partial charge in [-0.1, -0.05) is 5.57 Å². The van der Waals surface area contributed by atoms with Crippen LogP contribution in [0.5, 0.6) is 0 Å². The van der Waals surface area contributed by atoms with Gasteiger partial charge in [0.15, 0.2) is 0 Å². The minimum Gasteiger partial charge on any atom is -0.328 e. The summed E-state index contributed by atoms with van der Waals surface area (Å²) in [5.74, 6) is 0. The van der Waals surface area contributed by atoms with E-state index in [1.165, 1.54) is 5.57 Å². The molecule has 0 aromatic carbocycles. The largest absolute Gasteiger partial charge is 0.328 e. The smallest absolute Gasteiger partial charge is 0.314 e. The molecule has 12 heavy (non-hydrogen) atoms. The predicted molar refractivity (Wildman–Crippen MR) is 51.1 cm³/mol. The monoisotopic (exact) mass is 195 g/mol. The fourth-order valence-corrected chi connectivity index (χ4v) is 0.474. The fourth-order valence-electron chi connectivity index (χ4n) is 0.474. The van der Waals surface area contributed by atoms with E-state index in [-0.39, 0.29) is 0 Å². The van der Waals surface area contributed by atoms with Gasteiger partial charge in [0, 0.05) is 6.04 Å². The zero-order chi connectivity index (χ0) is 10.1. The third-order valence-corrected chi connectivity index (χ3v) is 1.03. The molecule has 0 aromatic heterocycles. The molecule has 0 amide bonds. The normalized spacial score (nSPS) is 11.8. The second-order valence-electron chi connectivity index (χ2n) is 2.76. The van der Waals surface area contributed by atoms with Gasteiger partial charge in [-0.15, -0.1) is 6.58 Å². The van der Waals surface area contributed by atoms with Crippen molar-refractivity contribution in [2.75, 3.05) is 0 Å². The van der Waals surface area contributed by atoms with Gasteiger partial charge in [-0.3, -0.25) is 4.57 Å². The van der Waals surface area contributed by atoms with Gasteiger partial charge >= 0.3 is 8.25 Å². The third kappa shape index (κ3) is 32.8. The lowest BCUT2D eigenvalue weighted by Gasteiger charge is -2.01. The zero-order valence-corrected chi connectivity index (χ0v) is 8.58. The molecular formula is C7H18NO3P. The van der Waals surface area contributed by atoms with Crippen LogP contribution in [-0.4, -0.2) is 15.8 Å². The van der Waals surface area contributed by atoms with Gasteiger partial charge in [0.2, 0.25) is 0 Å². The summed E-state index contributed by atoms with van der Waals surface area (Å²) in [6.07, 6.45) is 2.13. The van der Waals surface area contributed by atoms with Crippen molar-refractivity contribution >= 4 is 8.25 Å². The van der Waals surface area contributed by atoms with Crippen LogP contribution < -0.4 is 5.73 Å². The van der Waals surface area contributed by atoms with E-state index in [1.54, 1.807) is 0 Å². The van der Waals surface area contributed by atoms with E-state index >= 15 is 0 Å². The summed E-state index contributed by atoms with van der Waals surface area (Å²) in [6.45, 7) is 7.82. The Labute approximate surface area is 74.1 Å². The molecule has 0 saturated heterocycles. The van der Waals surface area contributed by atoms with E-state index in [4.69, 9.17) is 20.1 Å². The molecule has 1 unspecified atom stereocenters. The quantitative estimate of drug-likeness (QED) is 0.464. The first kappa shape index (κ1) is 14.4. The fraction of sp³-hybridized carbons (Fsp3) is 0.714. The molecule has 4 N–H and O–H groups in total. The molecule has 0 bridgehead atoms. The molecule has 0 aliphatic carbocycles. The van der Waals surface area contributed by atoms with E-state index in [0.29, 0.717) is 6.04 Å². The molecule has 0 aromatic rings. The van der Waals surface area contributed by atoms with Crippen molar-refractivity contribution in [1.29, 1.82) is 0 Å². The second-order valence-corrected chi connectivity index (χ2v) is 3.32. The van der Waals surface area contributed by atoms with Crippen LogP contribution in [0, 0.1) is 0 Å². The Morgan fingerprint density at radius 3 is 2.08 bits per heavy atom. The Morgan fingerprint density at radius 1 is 1.67 bits per heavy atom. The van der Waals surface area contributed by atoms with E-state index in [1.807, 2.05) is 13.8 Å². The van der Waals surface area contributed by atoms with Crippen molar-refractivity contribution in [3.8, 4) is 0 Å². The van der Waals surface area contributed by atoms with Gasteiger partial charge in [0.1, 0.15) is 0 Å². The Balaban J connectivity index is 0. The lowest BCUT2D eigenvalue weighted by molar-refractivity contribution is 0.405. The topological polar surface area (TPSA) is 83.6 Å². The summed E-state index contributed by atoms with van der Waals surface area (Å²) in [4.78, 5) is 14.3. The standard InChI is InChI=1S/C7H15N.H3O3P/c1-6(2)4-5-7(3)8;1-4(2)3/h7H,1,4-5,8H2,2-3H3;4H,(H2,1,2,3). The maximum absolute atomic E-state index is 8.74. The van der Waals surface area contributed by atoms with E-state index in [9.17, 15) is 0 Å². The molecule has 0 fully saturated rings. The van der Waals surface area contributed by atoms with Crippen LogP contribution in [0.2, 0.25) is 0 Å². The minimum absolute atomic E-state index is 0.326. The van der Waals surface area contributed by atoms with Crippen molar-refractivity contribution in [2.45, 2.75) is 32.7 Å². The second kappa shape index (κ2) is 8.94. The maximum Gasteiger partial charge on any atom is 0.314 e. The summed E-state index contributed by atoms with van der Waals surface area (Å²) in [6, 6.07) is 0.326. The number of hydrogen-bond donors (Lipinski definition) is 3. The minimum atomic E-state index is -3.13.